The summed E-state index contributed by atoms with van der Waals surface area (Å²) in [6, 6.07) is 11.9. The van der Waals surface area contributed by atoms with Crippen molar-refractivity contribution >= 4 is 64.4 Å². The van der Waals surface area contributed by atoms with Crippen LogP contribution in [0.15, 0.2) is 60.9 Å². The van der Waals surface area contributed by atoms with Crippen molar-refractivity contribution in [1.29, 1.82) is 0 Å². The molecule has 0 radical (unpaired) electrons. The van der Waals surface area contributed by atoms with E-state index in [4.69, 9.17) is 10.5 Å². The number of pyridine rings is 1. The van der Waals surface area contributed by atoms with E-state index in [1.165, 1.54) is 57.4 Å². The van der Waals surface area contributed by atoms with Gasteiger partial charge in [0.05, 0.1) is 34.8 Å². The van der Waals surface area contributed by atoms with Gasteiger partial charge in [-0.25, -0.2) is 18.4 Å². The Morgan fingerprint density at radius 3 is 2.56 bits per heavy atom. The van der Waals surface area contributed by atoms with Crippen molar-refractivity contribution in [3.8, 4) is 17.3 Å². The van der Waals surface area contributed by atoms with Gasteiger partial charge in [0.25, 0.3) is 0 Å². The minimum absolute atomic E-state index is 0.0107. The Morgan fingerprint density at radius 1 is 1.10 bits per heavy atom. The van der Waals surface area contributed by atoms with Crippen LogP contribution in [0.4, 0.5) is 20.3 Å². The molecule has 5 aromatic rings. The number of ketones is 1. The minimum Gasteiger partial charge on any atom is -0.436 e. The SMILES string of the molecule is CC(=O)Nc1cc2c(cc1F)cc(C(=O)c1cnn(-c3cnc(Oc4ccccc4F)cc3C)c1N)n2SI. The number of rotatable bonds is 7. The zero-order valence-corrected chi connectivity index (χ0v) is 23.4. The van der Waals surface area contributed by atoms with Crippen LogP contribution in [0.25, 0.3) is 16.6 Å². The Labute approximate surface area is 237 Å². The van der Waals surface area contributed by atoms with Gasteiger partial charge in [0.15, 0.2) is 11.6 Å². The molecule has 3 heterocycles. The molecule has 39 heavy (non-hydrogen) atoms. The number of carbonyl (C=O) groups is 2. The Hall–Kier alpha value is -3.98. The molecule has 1 amide bonds. The van der Waals surface area contributed by atoms with Crippen LogP contribution in [0, 0.1) is 18.6 Å². The monoisotopic (exact) mass is 660 g/mol. The predicted octanol–water partition coefficient (Wildman–Crippen LogP) is 6.22. The molecule has 0 fully saturated rings. The quantitative estimate of drug-likeness (QED) is 0.157. The highest BCUT2D eigenvalue weighted by Gasteiger charge is 2.24. The van der Waals surface area contributed by atoms with Gasteiger partial charge in [-0.1, -0.05) is 12.1 Å². The van der Waals surface area contributed by atoms with Crippen molar-refractivity contribution in [3.05, 3.63) is 89.4 Å². The molecule has 0 aliphatic carbocycles. The number of amides is 1. The molecule has 3 N–H and O–H groups in total. The van der Waals surface area contributed by atoms with Gasteiger partial charge in [0.2, 0.25) is 17.6 Å². The highest BCUT2D eigenvalue weighted by molar-refractivity contribution is 14.2. The molecule has 2 aromatic carbocycles. The standard InChI is InChI=1S/C26H19F2IN6O3S/c1-13-7-24(38-23-6-4-3-5-17(23)27)31-12-22(13)34-26(30)16(11-32-34)25(37)21-9-15-8-18(28)19(33-14(2)36)10-20(15)35(21)39-29/h3-12H,30H2,1-2H3,(H,33,36). The van der Waals surface area contributed by atoms with Crippen molar-refractivity contribution in [3.63, 3.8) is 0 Å². The highest BCUT2D eigenvalue weighted by atomic mass is 127. The van der Waals surface area contributed by atoms with Crippen LogP contribution < -0.4 is 15.8 Å². The Balaban J connectivity index is 1.48. The summed E-state index contributed by atoms with van der Waals surface area (Å²) in [5.41, 5.74) is 8.46. The number of hydrogen-bond acceptors (Lipinski definition) is 7. The van der Waals surface area contributed by atoms with E-state index < -0.39 is 23.3 Å². The second-order valence-corrected chi connectivity index (χ2v) is 10.2. The highest BCUT2D eigenvalue weighted by Crippen LogP contribution is 2.34. The van der Waals surface area contributed by atoms with E-state index in [1.807, 2.05) is 21.2 Å². The number of benzene rings is 2. The van der Waals surface area contributed by atoms with E-state index in [2.05, 4.69) is 15.4 Å². The fourth-order valence-electron chi connectivity index (χ4n) is 4.03. The maximum absolute atomic E-state index is 14.5. The number of nitrogens with two attached hydrogens (primary N) is 1. The van der Waals surface area contributed by atoms with Crippen molar-refractivity contribution in [2.75, 3.05) is 11.1 Å². The number of fused-ring (bicyclic) bond motifs is 1. The summed E-state index contributed by atoms with van der Waals surface area (Å²) in [6.45, 7) is 3.06. The molecule has 0 aliphatic heterocycles. The average Bonchev–Trinajstić information content (AvgIpc) is 3.45. The molecule has 0 aliphatic rings. The van der Waals surface area contributed by atoms with E-state index in [0.29, 0.717) is 22.2 Å². The Morgan fingerprint density at radius 2 is 1.87 bits per heavy atom. The summed E-state index contributed by atoms with van der Waals surface area (Å²) in [7, 11) is 1.21. The number of aryl methyl sites for hydroxylation is 1. The number of hydrogen-bond donors (Lipinski definition) is 2. The number of aromatic nitrogens is 4. The van der Waals surface area contributed by atoms with E-state index in [9.17, 15) is 18.4 Å². The number of para-hydroxylation sites is 1. The number of ether oxygens (including phenoxy) is 1. The lowest BCUT2D eigenvalue weighted by Crippen LogP contribution is -2.10. The Bertz CT molecular complexity index is 1770. The third-order valence-electron chi connectivity index (χ3n) is 5.85. The second kappa shape index (κ2) is 10.6. The van der Waals surface area contributed by atoms with Crippen LogP contribution in [0.3, 0.4) is 0 Å². The third-order valence-corrected chi connectivity index (χ3v) is 7.56. The maximum atomic E-state index is 14.5. The number of nitrogens with one attached hydrogen (secondary N) is 1. The van der Waals surface area contributed by atoms with E-state index >= 15 is 0 Å². The number of nitrogens with zero attached hydrogens (tertiary/aromatic N) is 4. The zero-order chi connectivity index (χ0) is 27.8. The summed E-state index contributed by atoms with van der Waals surface area (Å²) in [4.78, 5) is 29.3. The van der Waals surface area contributed by atoms with Crippen LogP contribution in [0.5, 0.6) is 11.6 Å². The first-order valence-electron chi connectivity index (χ1n) is 11.4. The van der Waals surface area contributed by atoms with E-state index in [-0.39, 0.29) is 34.4 Å². The number of halogens is 3. The molecule has 13 heteroatoms. The van der Waals surface area contributed by atoms with Gasteiger partial charge in [0.1, 0.15) is 17.3 Å². The molecule has 5 rings (SSSR count). The maximum Gasteiger partial charge on any atom is 0.221 e. The first-order valence-corrected chi connectivity index (χ1v) is 14.7. The first-order chi connectivity index (χ1) is 18.7. The van der Waals surface area contributed by atoms with Crippen LogP contribution in [-0.2, 0) is 4.79 Å². The van der Waals surface area contributed by atoms with Crippen LogP contribution in [0.1, 0.15) is 28.5 Å². The van der Waals surface area contributed by atoms with Gasteiger partial charge < -0.3 is 15.8 Å². The molecule has 0 saturated carbocycles. The van der Waals surface area contributed by atoms with Gasteiger partial charge in [-0.2, -0.15) is 5.10 Å². The minimum atomic E-state index is -0.620. The van der Waals surface area contributed by atoms with Crippen molar-refractivity contribution in [2.45, 2.75) is 13.8 Å². The van der Waals surface area contributed by atoms with Gasteiger partial charge in [0, 0.05) is 48.7 Å². The third kappa shape index (κ3) is 5.06. The number of nitrogen functional groups attached to an aromatic ring is 1. The average molecular weight is 660 g/mol. The van der Waals surface area contributed by atoms with Crippen LogP contribution in [0.2, 0.25) is 0 Å². The molecule has 0 bridgehead atoms. The number of anilines is 2. The van der Waals surface area contributed by atoms with Crippen LogP contribution >= 0.6 is 30.3 Å². The Kier molecular flexibility index (Phi) is 7.27. The van der Waals surface area contributed by atoms with Gasteiger partial charge in [-0.3, -0.25) is 13.6 Å². The molecule has 0 atom stereocenters. The molecule has 9 nitrogen and oxygen atoms in total. The fraction of sp³-hybridized carbons (Fsp3) is 0.0769. The summed E-state index contributed by atoms with van der Waals surface area (Å²) in [5.74, 6) is -1.68. The summed E-state index contributed by atoms with van der Waals surface area (Å²) in [5, 5.41) is 7.23. The van der Waals surface area contributed by atoms with E-state index in [1.54, 1.807) is 35.2 Å². The summed E-state index contributed by atoms with van der Waals surface area (Å²) >= 11 is 2.01. The zero-order valence-electron chi connectivity index (χ0n) is 20.4. The fourth-order valence-corrected chi connectivity index (χ4v) is 5.74. The van der Waals surface area contributed by atoms with Crippen molar-refractivity contribution < 1.29 is 23.1 Å². The molecular formula is C26H19F2IN6O3S. The van der Waals surface area contributed by atoms with Gasteiger partial charge in [-0.05, 0) is 42.8 Å². The lowest BCUT2D eigenvalue weighted by Gasteiger charge is -2.11. The molecule has 0 saturated heterocycles. The van der Waals surface area contributed by atoms with Gasteiger partial charge >= 0.3 is 0 Å². The molecule has 0 spiro atoms. The van der Waals surface area contributed by atoms with Crippen molar-refractivity contribution in [1.82, 2.24) is 18.7 Å². The van der Waals surface area contributed by atoms with Crippen LogP contribution in [-0.4, -0.2) is 30.4 Å². The molecule has 0 unspecified atom stereocenters. The number of carbonyl (C=O) groups excluding carboxylic acids is 2. The summed E-state index contributed by atoms with van der Waals surface area (Å²) in [6.07, 6.45) is 2.82. The molecular weight excluding hydrogens is 641 g/mol. The second-order valence-electron chi connectivity index (χ2n) is 8.49. The smallest absolute Gasteiger partial charge is 0.221 e. The van der Waals surface area contributed by atoms with Gasteiger partial charge in [-0.15, -0.1) is 0 Å². The van der Waals surface area contributed by atoms with E-state index in [0.717, 1.165) is 0 Å². The lowest BCUT2D eigenvalue weighted by atomic mass is 10.1. The summed E-state index contributed by atoms with van der Waals surface area (Å²) < 4.78 is 37.0. The van der Waals surface area contributed by atoms with Crippen molar-refractivity contribution in [2.24, 2.45) is 0 Å². The first kappa shape index (κ1) is 26.6. The lowest BCUT2D eigenvalue weighted by molar-refractivity contribution is -0.114. The normalized spacial score (nSPS) is 11.1. The predicted molar refractivity (Wildman–Crippen MR) is 154 cm³/mol. The largest absolute Gasteiger partial charge is 0.436 e. The topological polar surface area (TPSA) is 117 Å². The molecule has 198 valence electrons. The molecule has 3 aromatic heterocycles.